The third kappa shape index (κ3) is 7.86. The minimum atomic E-state index is -1.82. The third-order valence-corrected chi connectivity index (χ3v) is 4.55. The minimum absolute atomic E-state index is 0.964. The van der Waals surface area contributed by atoms with Gasteiger partial charge in [-0.2, -0.15) is 0 Å². The number of piperazine rings is 1. The van der Waals surface area contributed by atoms with Crippen LogP contribution in [0.2, 0.25) is 0 Å². The SMILES string of the molecule is Brc1cccc(CN2CCN(Cc3ccccn3)CC2)c1.O=C(O)C(=O)O. The van der Waals surface area contributed by atoms with Gasteiger partial charge in [0.15, 0.2) is 0 Å². The average Bonchev–Trinajstić information content (AvgIpc) is 2.65. The summed E-state index contributed by atoms with van der Waals surface area (Å²) in [6.07, 6.45) is 1.87. The lowest BCUT2D eigenvalue weighted by atomic mass is 10.2. The molecular weight excluding hydrogens is 414 g/mol. The molecule has 0 spiro atoms. The van der Waals surface area contributed by atoms with E-state index in [4.69, 9.17) is 19.8 Å². The monoisotopic (exact) mass is 435 g/mol. The molecule has 2 heterocycles. The molecule has 3 rings (SSSR count). The summed E-state index contributed by atoms with van der Waals surface area (Å²) in [5.74, 6) is -3.65. The molecule has 0 aliphatic carbocycles. The summed E-state index contributed by atoms with van der Waals surface area (Å²) in [5, 5.41) is 14.8. The first-order valence-corrected chi connectivity index (χ1v) is 9.28. The van der Waals surface area contributed by atoms with Gasteiger partial charge in [-0.1, -0.05) is 34.1 Å². The van der Waals surface area contributed by atoms with Crippen LogP contribution < -0.4 is 0 Å². The molecule has 2 aromatic rings. The lowest BCUT2D eigenvalue weighted by Gasteiger charge is -2.34. The average molecular weight is 436 g/mol. The van der Waals surface area contributed by atoms with Crippen LogP contribution in [0.4, 0.5) is 0 Å². The van der Waals surface area contributed by atoms with Crippen molar-refractivity contribution in [3.8, 4) is 0 Å². The smallest absolute Gasteiger partial charge is 0.414 e. The van der Waals surface area contributed by atoms with Crippen LogP contribution in [-0.2, 0) is 22.7 Å². The first-order chi connectivity index (χ1) is 12.9. The topological polar surface area (TPSA) is 94.0 Å². The van der Waals surface area contributed by atoms with Crippen molar-refractivity contribution in [2.45, 2.75) is 13.1 Å². The third-order valence-electron chi connectivity index (χ3n) is 4.05. The van der Waals surface area contributed by atoms with Crippen LogP contribution in [0.25, 0.3) is 0 Å². The summed E-state index contributed by atoms with van der Waals surface area (Å²) in [6.45, 7) is 6.48. The second-order valence-electron chi connectivity index (χ2n) is 6.11. The first-order valence-electron chi connectivity index (χ1n) is 8.49. The molecule has 1 aliphatic heterocycles. The number of benzene rings is 1. The van der Waals surface area contributed by atoms with Crippen molar-refractivity contribution >= 4 is 27.9 Å². The van der Waals surface area contributed by atoms with Gasteiger partial charge in [0.2, 0.25) is 0 Å². The van der Waals surface area contributed by atoms with Crippen molar-refractivity contribution in [3.63, 3.8) is 0 Å². The molecule has 0 atom stereocenters. The Hall–Kier alpha value is -2.29. The molecule has 0 amide bonds. The number of carboxylic acids is 2. The first kappa shape index (κ1) is 21.0. The Morgan fingerprint density at radius 3 is 2.07 bits per heavy atom. The molecule has 1 aromatic carbocycles. The van der Waals surface area contributed by atoms with Crippen LogP contribution in [0.15, 0.2) is 53.1 Å². The molecule has 1 aliphatic rings. The molecule has 0 saturated carbocycles. The van der Waals surface area contributed by atoms with Gasteiger partial charge in [0.05, 0.1) is 5.69 Å². The molecule has 1 aromatic heterocycles. The van der Waals surface area contributed by atoms with E-state index in [0.717, 1.165) is 49.4 Å². The molecule has 144 valence electrons. The molecular formula is C19H22BrN3O4. The molecule has 1 fully saturated rings. The summed E-state index contributed by atoms with van der Waals surface area (Å²) in [6, 6.07) is 14.7. The van der Waals surface area contributed by atoms with Crippen LogP contribution in [0, 0.1) is 0 Å². The van der Waals surface area contributed by atoms with Gasteiger partial charge < -0.3 is 10.2 Å². The highest BCUT2D eigenvalue weighted by Gasteiger charge is 2.17. The Balaban J connectivity index is 0.000000380. The zero-order valence-corrected chi connectivity index (χ0v) is 16.4. The van der Waals surface area contributed by atoms with Crippen LogP contribution in [-0.4, -0.2) is 63.1 Å². The Morgan fingerprint density at radius 1 is 0.926 bits per heavy atom. The van der Waals surface area contributed by atoms with E-state index in [-0.39, 0.29) is 0 Å². The van der Waals surface area contributed by atoms with Crippen molar-refractivity contribution in [1.29, 1.82) is 0 Å². The summed E-state index contributed by atoms with van der Waals surface area (Å²) >= 11 is 3.54. The number of hydrogen-bond acceptors (Lipinski definition) is 5. The number of pyridine rings is 1. The van der Waals surface area contributed by atoms with Crippen molar-refractivity contribution in [1.82, 2.24) is 14.8 Å². The fourth-order valence-corrected chi connectivity index (χ4v) is 3.17. The maximum absolute atomic E-state index is 9.10. The molecule has 8 heteroatoms. The Kier molecular flexibility index (Phi) is 8.38. The number of carbonyl (C=O) groups is 2. The maximum Gasteiger partial charge on any atom is 0.414 e. The number of aliphatic carboxylic acids is 2. The van der Waals surface area contributed by atoms with Crippen molar-refractivity contribution in [3.05, 3.63) is 64.4 Å². The van der Waals surface area contributed by atoms with Crippen LogP contribution >= 0.6 is 15.9 Å². The van der Waals surface area contributed by atoms with E-state index >= 15 is 0 Å². The lowest BCUT2D eigenvalue weighted by Crippen LogP contribution is -2.45. The van der Waals surface area contributed by atoms with E-state index in [9.17, 15) is 0 Å². The number of aromatic nitrogens is 1. The fraction of sp³-hybridized carbons (Fsp3) is 0.316. The van der Waals surface area contributed by atoms with Gasteiger partial charge >= 0.3 is 11.9 Å². The Labute approximate surface area is 166 Å². The highest BCUT2D eigenvalue weighted by atomic mass is 79.9. The molecule has 0 bridgehead atoms. The van der Waals surface area contributed by atoms with Crippen molar-refractivity contribution < 1.29 is 19.8 Å². The lowest BCUT2D eigenvalue weighted by molar-refractivity contribution is -0.159. The maximum atomic E-state index is 9.10. The van der Waals surface area contributed by atoms with Crippen LogP contribution in [0.5, 0.6) is 0 Å². The minimum Gasteiger partial charge on any atom is -0.473 e. The van der Waals surface area contributed by atoms with Gasteiger partial charge in [0.1, 0.15) is 0 Å². The zero-order chi connectivity index (χ0) is 19.6. The van der Waals surface area contributed by atoms with E-state index in [2.05, 4.69) is 67.1 Å². The van der Waals surface area contributed by atoms with Gasteiger partial charge in [-0.25, -0.2) is 9.59 Å². The van der Waals surface area contributed by atoms with Gasteiger partial charge in [-0.05, 0) is 29.8 Å². The van der Waals surface area contributed by atoms with Gasteiger partial charge in [-0.3, -0.25) is 14.8 Å². The molecule has 0 unspecified atom stereocenters. The Morgan fingerprint density at radius 2 is 1.56 bits per heavy atom. The van der Waals surface area contributed by atoms with E-state index in [0.29, 0.717) is 0 Å². The predicted molar refractivity (Wildman–Crippen MR) is 104 cm³/mol. The highest BCUT2D eigenvalue weighted by Crippen LogP contribution is 2.15. The highest BCUT2D eigenvalue weighted by molar-refractivity contribution is 9.10. The molecule has 0 radical (unpaired) electrons. The molecule has 1 saturated heterocycles. The molecule has 27 heavy (non-hydrogen) atoms. The summed E-state index contributed by atoms with van der Waals surface area (Å²) in [4.78, 5) is 27.6. The zero-order valence-electron chi connectivity index (χ0n) is 14.8. The largest absolute Gasteiger partial charge is 0.473 e. The summed E-state index contributed by atoms with van der Waals surface area (Å²) in [5.41, 5.74) is 2.54. The van der Waals surface area contributed by atoms with Crippen molar-refractivity contribution in [2.24, 2.45) is 0 Å². The quantitative estimate of drug-likeness (QED) is 0.711. The van der Waals surface area contributed by atoms with E-state index in [1.807, 2.05) is 12.3 Å². The number of halogens is 1. The number of rotatable bonds is 4. The normalized spacial score (nSPS) is 14.9. The van der Waals surface area contributed by atoms with Gasteiger partial charge in [-0.15, -0.1) is 0 Å². The van der Waals surface area contributed by atoms with E-state index in [1.54, 1.807) is 0 Å². The molecule has 7 nitrogen and oxygen atoms in total. The second-order valence-corrected chi connectivity index (χ2v) is 7.03. The Bertz CT molecular complexity index is 738. The second kappa shape index (κ2) is 10.8. The van der Waals surface area contributed by atoms with Gasteiger partial charge in [0, 0.05) is 49.9 Å². The summed E-state index contributed by atoms with van der Waals surface area (Å²) < 4.78 is 1.16. The van der Waals surface area contributed by atoms with E-state index in [1.165, 1.54) is 5.56 Å². The van der Waals surface area contributed by atoms with Gasteiger partial charge in [0.25, 0.3) is 0 Å². The van der Waals surface area contributed by atoms with Crippen LogP contribution in [0.1, 0.15) is 11.3 Å². The predicted octanol–water partition coefficient (Wildman–Crippen LogP) is 2.32. The fourth-order valence-electron chi connectivity index (χ4n) is 2.72. The number of nitrogens with zero attached hydrogens (tertiary/aromatic N) is 3. The standard InChI is InChI=1S/C17H20BrN3.C2H2O4/c18-16-5-3-4-15(12-16)13-20-8-10-21(11-9-20)14-17-6-1-2-7-19-17;3-1(4)2(5)6/h1-7,12H,8-11,13-14H2;(H,3,4)(H,5,6). The van der Waals surface area contributed by atoms with E-state index < -0.39 is 11.9 Å². The number of hydrogen-bond donors (Lipinski definition) is 2. The van der Waals surface area contributed by atoms with Crippen LogP contribution in [0.3, 0.4) is 0 Å². The van der Waals surface area contributed by atoms with Crippen molar-refractivity contribution in [2.75, 3.05) is 26.2 Å². The number of carboxylic acid groups (broad SMARTS) is 2. The molecule has 2 N–H and O–H groups in total. The summed E-state index contributed by atoms with van der Waals surface area (Å²) in [7, 11) is 0.